The van der Waals surface area contributed by atoms with E-state index in [-0.39, 0.29) is 5.38 Å². The molecule has 2 unspecified atom stereocenters. The maximum Gasteiger partial charge on any atom is 0.0593 e. The van der Waals surface area contributed by atoms with Gasteiger partial charge in [-0.1, -0.05) is 38.1 Å². The summed E-state index contributed by atoms with van der Waals surface area (Å²) in [7, 11) is 0. The first-order valence-electron chi connectivity index (χ1n) is 4.93. The molecular weight excluding hydrogens is 180 g/mol. The zero-order valence-electron chi connectivity index (χ0n) is 8.13. The van der Waals surface area contributed by atoms with Crippen LogP contribution in [0.2, 0.25) is 0 Å². The van der Waals surface area contributed by atoms with Gasteiger partial charge in [-0.2, -0.15) is 0 Å². The Balaban J connectivity index is 2.41. The highest BCUT2D eigenvalue weighted by Gasteiger charge is 2.30. The molecule has 0 fully saturated rings. The summed E-state index contributed by atoms with van der Waals surface area (Å²) in [5.41, 5.74) is 2.82. The average Bonchev–Trinajstić information content (AvgIpc) is 2.45. The summed E-state index contributed by atoms with van der Waals surface area (Å²) in [5.74, 6) is 1.36. The van der Waals surface area contributed by atoms with Gasteiger partial charge in [0, 0.05) is 0 Å². The standard InChI is InChI=1S/C12H15Cl/c1-8(2)11-7-12(13)10-6-4-3-5-9(10)11/h3-6,8,11-12H,7H2,1-2H3. The summed E-state index contributed by atoms with van der Waals surface area (Å²) >= 11 is 6.28. The lowest BCUT2D eigenvalue weighted by Gasteiger charge is -2.14. The quantitative estimate of drug-likeness (QED) is 0.591. The van der Waals surface area contributed by atoms with Crippen LogP contribution in [0.1, 0.15) is 42.7 Å². The van der Waals surface area contributed by atoms with Gasteiger partial charge in [0.05, 0.1) is 5.38 Å². The zero-order chi connectivity index (χ0) is 9.42. The Kier molecular flexibility index (Phi) is 2.33. The molecule has 0 radical (unpaired) electrons. The van der Waals surface area contributed by atoms with E-state index in [1.54, 1.807) is 0 Å². The van der Waals surface area contributed by atoms with Crippen LogP contribution in [0.4, 0.5) is 0 Å². The number of hydrogen-bond donors (Lipinski definition) is 0. The van der Waals surface area contributed by atoms with Gasteiger partial charge in [-0.25, -0.2) is 0 Å². The second kappa shape index (κ2) is 3.34. The molecule has 0 spiro atoms. The van der Waals surface area contributed by atoms with Crippen molar-refractivity contribution < 1.29 is 0 Å². The Hall–Kier alpha value is -0.490. The number of fused-ring (bicyclic) bond motifs is 1. The maximum absolute atomic E-state index is 6.28. The van der Waals surface area contributed by atoms with Crippen molar-refractivity contribution in [3.63, 3.8) is 0 Å². The lowest BCUT2D eigenvalue weighted by atomic mass is 9.90. The van der Waals surface area contributed by atoms with Crippen LogP contribution >= 0.6 is 11.6 Å². The van der Waals surface area contributed by atoms with E-state index >= 15 is 0 Å². The third-order valence-corrected chi connectivity index (χ3v) is 3.41. The van der Waals surface area contributed by atoms with Crippen molar-refractivity contribution in [1.29, 1.82) is 0 Å². The number of hydrogen-bond acceptors (Lipinski definition) is 0. The molecule has 0 aromatic heterocycles. The van der Waals surface area contributed by atoms with E-state index in [1.165, 1.54) is 11.1 Å². The van der Waals surface area contributed by atoms with Crippen LogP contribution in [-0.2, 0) is 0 Å². The number of halogens is 1. The minimum atomic E-state index is 0.239. The molecule has 1 aromatic rings. The van der Waals surface area contributed by atoms with Crippen LogP contribution in [0, 0.1) is 5.92 Å². The van der Waals surface area contributed by atoms with E-state index < -0.39 is 0 Å². The topological polar surface area (TPSA) is 0 Å². The Morgan fingerprint density at radius 1 is 1.23 bits per heavy atom. The fourth-order valence-electron chi connectivity index (χ4n) is 2.24. The maximum atomic E-state index is 6.28. The first-order valence-corrected chi connectivity index (χ1v) is 5.36. The van der Waals surface area contributed by atoms with Gasteiger partial charge >= 0.3 is 0 Å². The van der Waals surface area contributed by atoms with Gasteiger partial charge in [-0.15, -0.1) is 11.6 Å². The largest absolute Gasteiger partial charge is 0.118 e. The molecule has 0 saturated carbocycles. The molecule has 0 aliphatic heterocycles. The molecule has 2 atom stereocenters. The van der Waals surface area contributed by atoms with Gasteiger partial charge in [0.1, 0.15) is 0 Å². The van der Waals surface area contributed by atoms with Gasteiger partial charge in [0.25, 0.3) is 0 Å². The highest BCUT2D eigenvalue weighted by Crippen LogP contribution is 2.46. The summed E-state index contributed by atoms with van der Waals surface area (Å²) in [4.78, 5) is 0. The van der Waals surface area contributed by atoms with Gasteiger partial charge < -0.3 is 0 Å². The van der Waals surface area contributed by atoms with Crippen LogP contribution in [0.25, 0.3) is 0 Å². The summed E-state index contributed by atoms with van der Waals surface area (Å²) in [6.07, 6.45) is 1.11. The van der Waals surface area contributed by atoms with Crippen LogP contribution in [0.15, 0.2) is 24.3 Å². The molecule has 70 valence electrons. The Morgan fingerprint density at radius 2 is 1.85 bits per heavy atom. The van der Waals surface area contributed by atoms with Crippen molar-refractivity contribution in [2.24, 2.45) is 5.92 Å². The molecule has 1 aromatic carbocycles. The summed E-state index contributed by atoms with van der Waals surface area (Å²) in [6.45, 7) is 4.55. The van der Waals surface area contributed by atoms with Crippen LogP contribution in [-0.4, -0.2) is 0 Å². The van der Waals surface area contributed by atoms with Crippen molar-refractivity contribution in [1.82, 2.24) is 0 Å². The van der Waals surface area contributed by atoms with Crippen molar-refractivity contribution in [2.45, 2.75) is 31.6 Å². The fourth-order valence-corrected chi connectivity index (χ4v) is 2.63. The third-order valence-electron chi connectivity index (χ3n) is 3.00. The molecule has 0 N–H and O–H groups in total. The van der Waals surface area contributed by atoms with Crippen LogP contribution in [0.3, 0.4) is 0 Å². The fraction of sp³-hybridized carbons (Fsp3) is 0.500. The number of rotatable bonds is 1. The first-order chi connectivity index (χ1) is 6.20. The highest BCUT2D eigenvalue weighted by molar-refractivity contribution is 6.21. The predicted molar refractivity (Wildman–Crippen MR) is 57.2 cm³/mol. The summed E-state index contributed by atoms with van der Waals surface area (Å²) in [6, 6.07) is 8.58. The second-order valence-electron chi connectivity index (χ2n) is 4.18. The van der Waals surface area contributed by atoms with Crippen LogP contribution < -0.4 is 0 Å². The Labute approximate surface area is 84.9 Å². The lowest BCUT2D eigenvalue weighted by molar-refractivity contribution is 0.492. The van der Waals surface area contributed by atoms with Gasteiger partial charge in [0.2, 0.25) is 0 Å². The van der Waals surface area contributed by atoms with E-state index in [0.29, 0.717) is 11.8 Å². The van der Waals surface area contributed by atoms with Gasteiger partial charge in [-0.3, -0.25) is 0 Å². The van der Waals surface area contributed by atoms with Gasteiger partial charge in [-0.05, 0) is 29.4 Å². The Morgan fingerprint density at radius 3 is 2.46 bits per heavy atom. The minimum absolute atomic E-state index is 0.239. The van der Waals surface area contributed by atoms with Crippen molar-refractivity contribution >= 4 is 11.6 Å². The molecule has 0 nitrogen and oxygen atoms in total. The minimum Gasteiger partial charge on any atom is -0.118 e. The molecule has 1 aliphatic carbocycles. The number of alkyl halides is 1. The van der Waals surface area contributed by atoms with Crippen molar-refractivity contribution in [3.05, 3.63) is 35.4 Å². The molecular formula is C12H15Cl. The molecule has 0 bridgehead atoms. The molecule has 2 rings (SSSR count). The third kappa shape index (κ3) is 1.48. The first kappa shape index (κ1) is 9.08. The van der Waals surface area contributed by atoms with E-state index in [2.05, 4.69) is 38.1 Å². The van der Waals surface area contributed by atoms with E-state index in [1.807, 2.05) is 0 Å². The molecule has 13 heavy (non-hydrogen) atoms. The van der Waals surface area contributed by atoms with E-state index in [0.717, 1.165) is 6.42 Å². The van der Waals surface area contributed by atoms with Crippen molar-refractivity contribution in [3.8, 4) is 0 Å². The SMILES string of the molecule is CC(C)C1CC(Cl)c2ccccc21. The summed E-state index contributed by atoms with van der Waals surface area (Å²) < 4.78 is 0. The zero-order valence-corrected chi connectivity index (χ0v) is 8.88. The monoisotopic (exact) mass is 194 g/mol. The molecule has 0 saturated heterocycles. The number of benzene rings is 1. The predicted octanol–water partition coefficient (Wildman–Crippen LogP) is 4.11. The molecule has 1 aliphatic rings. The molecule has 1 heteroatoms. The highest BCUT2D eigenvalue weighted by atomic mass is 35.5. The van der Waals surface area contributed by atoms with Gasteiger partial charge in [0.15, 0.2) is 0 Å². The summed E-state index contributed by atoms with van der Waals surface area (Å²) in [5, 5.41) is 0.239. The normalized spacial score (nSPS) is 26.5. The van der Waals surface area contributed by atoms with Crippen molar-refractivity contribution in [2.75, 3.05) is 0 Å². The lowest BCUT2D eigenvalue weighted by Crippen LogP contribution is -2.01. The Bertz CT molecular complexity index is 304. The smallest absolute Gasteiger partial charge is 0.0593 e. The molecule has 0 amide bonds. The molecule has 0 heterocycles. The van der Waals surface area contributed by atoms with E-state index in [9.17, 15) is 0 Å². The van der Waals surface area contributed by atoms with E-state index in [4.69, 9.17) is 11.6 Å². The average molecular weight is 195 g/mol. The second-order valence-corrected chi connectivity index (χ2v) is 4.71. The van der Waals surface area contributed by atoms with Crippen LogP contribution in [0.5, 0.6) is 0 Å².